The maximum absolute atomic E-state index is 12.6. The molecular formula is C13H11F3N2. The van der Waals surface area contributed by atoms with E-state index in [2.05, 4.69) is 0 Å². The zero-order valence-electron chi connectivity index (χ0n) is 9.33. The summed E-state index contributed by atoms with van der Waals surface area (Å²) < 4.78 is 37.8. The van der Waals surface area contributed by atoms with Gasteiger partial charge in [-0.3, -0.25) is 0 Å². The quantitative estimate of drug-likeness (QED) is 0.763. The molecule has 18 heavy (non-hydrogen) atoms. The van der Waals surface area contributed by atoms with Gasteiger partial charge >= 0.3 is 6.18 Å². The van der Waals surface area contributed by atoms with Crippen molar-refractivity contribution in [1.29, 1.82) is 0 Å². The van der Waals surface area contributed by atoms with Gasteiger partial charge in [0, 0.05) is 16.9 Å². The summed E-state index contributed by atoms with van der Waals surface area (Å²) in [6, 6.07) is 9.77. The summed E-state index contributed by atoms with van der Waals surface area (Å²) in [5, 5.41) is 0. The molecule has 0 aromatic heterocycles. The highest BCUT2D eigenvalue weighted by Gasteiger charge is 2.30. The average molecular weight is 252 g/mol. The molecule has 0 radical (unpaired) electrons. The molecule has 0 saturated carbocycles. The summed E-state index contributed by atoms with van der Waals surface area (Å²) in [5.41, 5.74) is 12.4. The smallest absolute Gasteiger partial charge is 0.399 e. The summed E-state index contributed by atoms with van der Waals surface area (Å²) in [6.45, 7) is 0. The molecule has 2 rings (SSSR count). The van der Waals surface area contributed by atoms with Crippen molar-refractivity contribution < 1.29 is 13.2 Å². The Kier molecular flexibility index (Phi) is 2.90. The molecule has 0 aliphatic heterocycles. The minimum atomic E-state index is -4.36. The summed E-state index contributed by atoms with van der Waals surface area (Å²) in [6.07, 6.45) is -4.36. The van der Waals surface area contributed by atoms with Crippen LogP contribution in [0.4, 0.5) is 24.5 Å². The molecule has 0 aliphatic rings. The molecule has 2 nitrogen and oxygen atoms in total. The molecule has 0 atom stereocenters. The van der Waals surface area contributed by atoms with E-state index < -0.39 is 11.7 Å². The summed E-state index contributed by atoms with van der Waals surface area (Å²) >= 11 is 0. The van der Waals surface area contributed by atoms with Crippen molar-refractivity contribution in [2.24, 2.45) is 0 Å². The van der Waals surface area contributed by atoms with Gasteiger partial charge in [-0.2, -0.15) is 13.2 Å². The predicted octanol–water partition coefficient (Wildman–Crippen LogP) is 3.54. The van der Waals surface area contributed by atoms with E-state index in [1.807, 2.05) is 0 Å². The van der Waals surface area contributed by atoms with Gasteiger partial charge < -0.3 is 11.5 Å². The monoisotopic (exact) mass is 252 g/mol. The van der Waals surface area contributed by atoms with Crippen LogP contribution >= 0.6 is 0 Å². The second-order valence-corrected chi connectivity index (χ2v) is 3.93. The number of hydrogen-bond acceptors (Lipinski definition) is 2. The Morgan fingerprint density at radius 3 is 2.22 bits per heavy atom. The van der Waals surface area contributed by atoms with Crippen LogP contribution in [0.15, 0.2) is 42.5 Å². The highest BCUT2D eigenvalue weighted by Crippen LogP contribution is 2.34. The maximum atomic E-state index is 12.6. The highest BCUT2D eigenvalue weighted by atomic mass is 19.4. The minimum Gasteiger partial charge on any atom is -0.399 e. The lowest BCUT2D eigenvalue weighted by molar-refractivity contribution is -0.137. The number of hydrogen-bond donors (Lipinski definition) is 2. The molecular weight excluding hydrogens is 241 g/mol. The van der Waals surface area contributed by atoms with Crippen molar-refractivity contribution in [1.82, 2.24) is 0 Å². The van der Waals surface area contributed by atoms with E-state index in [0.717, 1.165) is 12.1 Å². The molecule has 94 valence electrons. The molecule has 0 amide bonds. The molecule has 0 bridgehead atoms. The summed E-state index contributed by atoms with van der Waals surface area (Å²) in [5.74, 6) is 0. The van der Waals surface area contributed by atoms with E-state index in [0.29, 0.717) is 22.5 Å². The maximum Gasteiger partial charge on any atom is 0.416 e. The predicted molar refractivity (Wildman–Crippen MR) is 65.7 cm³/mol. The third-order valence-electron chi connectivity index (χ3n) is 2.58. The van der Waals surface area contributed by atoms with E-state index in [1.54, 1.807) is 18.2 Å². The number of alkyl halides is 3. The Morgan fingerprint density at radius 1 is 0.889 bits per heavy atom. The first-order chi connectivity index (χ1) is 8.38. The second-order valence-electron chi connectivity index (χ2n) is 3.93. The molecule has 2 aromatic rings. The number of halogens is 3. The number of nitrogen functional groups attached to an aromatic ring is 2. The van der Waals surface area contributed by atoms with Crippen molar-refractivity contribution in [3.63, 3.8) is 0 Å². The molecule has 0 unspecified atom stereocenters. The number of anilines is 2. The molecule has 2 aromatic carbocycles. The molecule has 0 spiro atoms. The fourth-order valence-electron chi connectivity index (χ4n) is 1.71. The standard InChI is InChI=1S/C13H11F3N2/c14-13(15,16)9-3-1-2-8(6-9)11-5-4-10(17)7-12(11)18/h1-7H,17-18H2. The van der Waals surface area contributed by atoms with Gasteiger partial charge in [-0.1, -0.05) is 18.2 Å². The third kappa shape index (κ3) is 2.40. The molecule has 5 heteroatoms. The van der Waals surface area contributed by atoms with Crippen LogP contribution in [0, 0.1) is 0 Å². The highest BCUT2D eigenvalue weighted by molar-refractivity contribution is 5.79. The first-order valence-corrected chi connectivity index (χ1v) is 5.20. The van der Waals surface area contributed by atoms with Gasteiger partial charge in [0.05, 0.1) is 5.56 Å². The van der Waals surface area contributed by atoms with Crippen LogP contribution in [-0.2, 0) is 6.18 Å². The zero-order chi connectivity index (χ0) is 13.3. The Morgan fingerprint density at radius 2 is 1.61 bits per heavy atom. The van der Waals surface area contributed by atoms with Crippen molar-refractivity contribution in [2.45, 2.75) is 6.18 Å². The van der Waals surface area contributed by atoms with Gasteiger partial charge in [0.25, 0.3) is 0 Å². The van der Waals surface area contributed by atoms with E-state index >= 15 is 0 Å². The SMILES string of the molecule is Nc1ccc(-c2cccc(C(F)(F)F)c2)c(N)c1. The molecule has 0 aliphatic carbocycles. The first-order valence-electron chi connectivity index (χ1n) is 5.20. The average Bonchev–Trinajstić information content (AvgIpc) is 2.28. The normalized spacial score (nSPS) is 11.5. The third-order valence-corrected chi connectivity index (χ3v) is 2.58. The van der Waals surface area contributed by atoms with Gasteiger partial charge in [-0.15, -0.1) is 0 Å². The Hall–Kier alpha value is -2.17. The van der Waals surface area contributed by atoms with Crippen LogP contribution in [-0.4, -0.2) is 0 Å². The van der Waals surface area contributed by atoms with Crippen LogP contribution in [0.3, 0.4) is 0 Å². The Balaban J connectivity index is 2.51. The van der Waals surface area contributed by atoms with Crippen LogP contribution in [0.1, 0.15) is 5.56 Å². The van der Waals surface area contributed by atoms with Gasteiger partial charge in [0.1, 0.15) is 0 Å². The molecule has 4 N–H and O–H groups in total. The lowest BCUT2D eigenvalue weighted by Crippen LogP contribution is -2.04. The van der Waals surface area contributed by atoms with Gasteiger partial charge in [0.15, 0.2) is 0 Å². The fraction of sp³-hybridized carbons (Fsp3) is 0.0769. The van der Waals surface area contributed by atoms with Crippen molar-refractivity contribution >= 4 is 11.4 Å². The number of benzene rings is 2. The first kappa shape index (κ1) is 12.3. The van der Waals surface area contributed by atoms with E-state index in [4.69, 9.17) is 11.5 Å². The van der Waals surface area contributed by atoms with E-state index in [1.165, 1.54) is 12.1 Å². The number of rotatable bonds is 1. The van der Waals surface area contributed by atoms with Crippen molar-refractivity contribution in [3.05, 3.63) is 48.0 Å². The van der Waals surface area contributed by atoms with Crippen LogP contribution in [0.25, 0.3) is 11.1 Å². The van der Waals surface area contributed by atoms with E-state index in [-0.39, 0.29) is 0 Å². The molecule has 0 heterocycles. The van der Waals surface area contributed by atoms with Gasteiger partial charge in [0.2, 0.25) is 0 Å². The van der Waals surface area contributed by atoms with Crippen LogP contribution < -0.4 is 11.5 Å². The van der Waals surface area contributed by atoms with Crippen molar-refractivity contribution in [2.75, 3.05) is 11.5 Å². The Labute approximate surface area is 102 Å². The van der Waals surface area contributed by atoms with Gasteiger partial charge in [-0.05, 0) is 29.8 Å². The zero-order valence-corrected chi connectivity index (χ0v) is 9.33. The lowest BCUT2D eigenvalue weighted by Gasteiger charge is -2.10. The largest absolute Gasteiger partial charge is 0.416 e. The topological polar surface area (TPSA) is 52.0 Å². The molecule has 0 saturated heterocycles. The molecule has 0 fully saturated rings. The van der Waals surface area contributed by atoms with E-state index in [9.17, 15) is 13.2 Å². The summed E-state index contributed by atoms with van der Waals surface area (Å²) in [7, 11) is 0. The van der Waals surface area contributed by atoms with Crippen LogP contribution in [0.5, 0.6) is 0 Å². The number of nitrogens with two attached hydrogens (primary N) is 2. The fourth-order valence-corrected chi connectivity index (χ4v) is 1.71. The lowest BCUT2D eigenvalue weighted by atomic mass is 10.0. The summed E-state index contributed by atoms with van der Waals surface area (Å²) in [4.78, 5) is 0. The van der Waals surface area contributed by atoms with Crippen molar-refractivity contribution in [3.8, 4) is 11.1 Å². The van der Waals surface area contributed by atoms with Crippen LogP contribution in [0.2, 0.25) is 0 Å². The Bertz CT molecular complexity index is 577. The minimum absolute atomic E-state index is 0.356. The van der Waals surface area contributed by atoms with Gasteiger partial charge in [-0.25, -0.2) is 0 Å². The second kappa shape index (κ2) is 4.25.